The molecule has 0 radical (unpaired) electrons. The number of aromatic nitrogens is 4. The van der Waals surface area contributed by atoms with Crippen molar-refractivity contribution in [1.29, 1.82) is 0 Å². The first-order chi connectivity index (χ1) is 13.7. The largest absolute Gasteiger partial charge is 0.327 e. The summed E-state index contributed by atoms with van der Waals surface area (Å²) in [5, 5.41) is 5.56. The summed E-state index contributed by atoms with van der Waals surface area (Å²) in [5.74, 6) is 0.883. The van der Waals surface area contributed by atoms with Crippen LogP contribution in [-0.2, 0) is 7.05 Å². The first-order valence-electron chi connectivity index (χ1n) is 9.03. The van der Waals surface area contributed by atoms with Gasteiger partial charge in [0.05, 0.1) is 22.3 Å². The summed E-state index contributed by atoms with van der Waals surface area (Å²) in [5.41, 5.74) is 5.88. The van der Waals surface area contributed by atoms with E-state index >= 15 is 0 Å². The maximum Gasteiger partial charge on any atom is 0.144 e. The smallest absolute Gasteiger partial charge is 0.144 e. The van der Waals surface area contributed by atoms with Gasteiger partial charge < -0.3 is 4.57 Å². The van der Waals surface area contributed by atoms with Crippen LogP contribution in [0.15, 0.2) is 85.1 Å². The molecule has 0 aliphatic carbocycles. The van der Waals surface area contributed by atoms with Crippen molar-refractivity contribution >= 4 is 22.6 Å². The van der Waals surface area contributed by atoms with E-state index in [1.165, 1.54) is 0 Å². The van der Waals surface area contributed by atoms with Gasteiger partial charge in [0.15, 0.2) is 0 Å². The number of fused-ring (bicyclic) bond motifs is 1. The number of aryl methyl sites for hydroxylation is 1. The van der Waals surface area contributed by atoms with Gasteiger partial charge in [-0.2, -0.15) is 5.10 Å². The third-order valence-corrected chi connectivity index (χ3v) is 5.10. The van der Waals surface area contributed by atoms with Crippen LogP contribution in [0.25, 0.3) is 39.4 Å². The summed E-state index contributed by atoms with van der Waals surface area (Å²) >= 11 is 6.20. The molecular weight excluding hydrogens is 368 g/mol. The highest BCUT2D eigenvalue weighted by Crippen LogP contribution is 2.33. The van der Waals surface area contributed by atoms with Gasteiger partial charge in [0.1, 0.15) is 11.5 Å². The Morgan fingerprint density at radius 3 is 2.43 bits per heavy atom. The van der Waals surface area contributed by atoms with Crippen LogP contribution < -0.4 is 0 Å². The fourth-order valence-electron chi connectivity index (χ4n) is 3.48. The van der Waals surface area contributed by atoms with E-state index in [1.807, 2.05) is 78.6 Å². The number of hydrogen-bond donors (Lipinski definition) is 0. The maximum absolute atomic E-state index is 6.20. The van der Waals surface area contributed by atoms with E-state index in [1.54, 1.807) is 0 Å². The monoisotopic (exact) mass is 384 g/mol. The van der Waals surface area contributed by atoms with Crippen molar-refractivity contribution in [2.45, 2.75) is 0 Å². The third kappa shape index (κ3) is 2.79. The first-order valence-corrected chi connectivity index (χ1v) is 9.41. The Hall–Kier alpha value is -3.37. The molecule has 5 heteroatoms. The molecule has 0 atom stereocenters. The van der Waals surface area contributed by atoms with Crippen molar-refractivity contribution < 1.29 is 0 Å². The quantitative estimate of drug-likeness (QED) is 0.397. The molecule has 0 bridgehead atoms. The van der Waals surface area contributed by atoms with Crippen molar-refractivity contribution in [1.82, 2.24) is 19.3 Å². The molecule has 2 aromatic heterocycles. The Labute approximate surface area is 167 Å². The van der Waals surface area contributed by atoms with Gasteiger partial charge in [0, 0.05) is 23.8 Å². The minimum absolute atomic E-state index is 0.679. The topological polar surface area (TPSA) is 35.6 Å². The average Bonchev–Trinajstić information content (AvgIpc) is 3.31. The normalized spacial score (nSPS) is 11.2. The van der Waals surface area contributed by atoms with Crippen molar-refractivity contribution in [3.63, 3.8) is 0 Å². The SMILES string of the molecule is Cn1c(-c2cn(-c3cccc(Cl)c3)nc2-c2ccccc2)nc2ccccc21. The van der Waals surface area contributed by atoms with Gasteiger partial charge in [-0.3, -0.25) is 0 Å². The van der Waals surface area contributed by atoms with E-state index in [-0.39, 0.29) is 0 Å². The molecule has 0 unspecified atom stereocenters. The van der Waals surface area contributed by atoms with Crippen LogP contribution >= 0.6 is 11.6 Å². The Morgan fingerprint density at radius 1 is 0.857 bits per heavy atom. The van der Waals surface area contributed by atoms with Gasteiger partial charge >= 0.3 is 0 Å². The lowest BCUT2D eigenvalue weighted by atomic mass is 10.1. The third-order valence-electron chi connectivity index (χ3n) is 4.86. The molecule has 0 aliphatic heterocycles. The predicted octanol–water partition coefficient (Wildman–Crippen LogP) is 5.75. The van der Waals surface area contributed by atoms with Gasteiger partial charge in [0.2, 0.25) is 0 Å². The Bertz CT molecular complexity index is 1280. The van der Waals surface area contributed by atoms with Crippen molar-refractivity contribution in [3.05, 3.63) is 90.1 Å². The molecular formula is C23H17ClN4. The summed E-state index contributed by atoms with van der Waals surface area (Å²) < 4.78 is 3.98. The molecule has 4 nitrogen and oxygen atoms in total. The highest BCUT2D eigenvalue weighted by Gasteiger charge is 2.19. The van der Waals surface area contributed by atoms with Crippen molar-refractivity contribution in [2.24, 2.45) is 7.05 Å². The number of halogens is 1. The molecule has 2 heterocycles. The summed E-state index contributed by atoms with van der Waals surface area (Å²) in [4.78, 5) is 4.88. The zero-order chi connectivity index (χ0) is 19.1. The standard InChI is InChI=1S/C23H17ClN4/c1-27-21-13-6-5-12-20(21)25-23(27)19-15-28(18-11-7-10-17(24)14-18)26-22(19)16-8-3-2-4-9-16/h2-15H,1H3. The Morgan fingerprint density at radius 2 is 1.64 bits per heavy atom. The fraction of sp³-hybridized carbons (Fsp3) is 0.0435. The van der Waals surface area contributed by atoms with E-state index in [9.17, 15) is 0 Å². The fourth-order valence-corrected chi connectivity index (χ4v) is 3.67. The van der Waals surface area contributed by atoms with E-state index in [0.717, 1.165) is 39.4 Å². The second-order valence-electron chi connectivity index (χ2n) is 6.66. The van der Waals surface area contributed by atoms with Crippen molar-refractivity contribution in [2.75, 3.05) is 0 Å². The lowest BCUT2D eigenvalue weighted by Crippen LogP contribution is -1.94. The van der Waals surface area contributed by atoms with E-state index in [0.29, 0.717) is 5.02 Å². The van der Waals surface area contributed by atoms with Crippen LogP contribution in [0.3, 0.4) is 0 Å². The molecule has 0 spiro atoms. The predicted molar refractivity (Wildman–Crippen MR) is 114 cm³/mol. The van der Waals surface area contributed by atoms with Crippen LogP contribution in [0.4, 0.5) is 0 Å². The van der Waals surface area contributed by atoms with Crippen LogP contribution in [0.2, 0.25) is 5.02 Å². The molecule has 0 N–H and O–H groups in total. The van der Waals surface area contributed by atoms with Gasteiger partial charge in [0.25, 0.3) is 0 Å². The molecule has 0 saturated heterocycles. The van der Waals surface area contributed by atoms with Gasteiger partial charge in [-0.05, 0) is 30.3 Å². The minimum Gasteiger partial charge on any atom is -0.327 e. The lowest BCUT2D eigenvalue weighted by Gasteiger charge is -2.03. The molecule has 136 valence electrons. The van der Waals surface area contributed by atoms with Gasteiger partial charge in [-0.1, -0.05) is 60.1 Å². The molecule has 28 heavy (non-hydrogen) atoms. The van der Waals surface area contributed by atoms with Crippen LogP contribution in [0.1, 0.15) is 0 Å². The second kappa shape index (κ2) is 6.66. The molecule has 5 aromatic rings. The number of benzene rings is 3. The van der Waals surface area contributed by atoms with Crippen molar-refractivity contribution in [3.8, 4) is 28.3 Å². The highest BCUT2D eigenvalue weighted by atomic mass is 35.5. The zero-order valence-electron chi connectivity index (χ0n) is 15.2. The van der Waals surface area contributed by atoms with Gasteiger partial charge in [-0.15, -0.1) is 0 Å². The number of rotatable bonds is 3. The van der Waals surface area contributed by atoms with E-state index in [2.05, 4.69) is 22.8 Å². The second-order valence-corrected chi connectivity index (χ2v) is 7.10. The summed E-state index contributed by atoms with van der Waals surface area (Å²) in [6.45, 7) is 0. The Kier molecular flexibility index (Phi) is 3.99. The Balaban J connectivity index is 1.77. The van der Waals surface area contributed by atoms with Crippen LogP contribution in [-0.4, -0.2) is 19.3 Å². The van der Waals surface area contributed by atoms with Crippen LogP contribution in [0, 0.1) is 0 Å². The number of hydrogen-bond acceptors (Lipinski definition) is 2. The molecule has 0 fully saturated rings. The lowest BCUT2D eigenvalue weighted by molar-refractivity contribution is 0.884. The van der Waals surface area contributed by atoms with E-state index in [4.69, 9.17) is 21.7 Å². The average molecular weight is 385 g/mol. The number of imidazole rings is 1. The summed E-state index contributed by atoms with van der Waals surface area (Å²) in [6, 6.07) is 26.0. The maximum atomic E-state index is 6.20. The molecule has 3 aromatic carbocycles. The van der Waals surface area contributed by atoms with Crippen LogP contribution in [0.5, 0.6) is 0 Å². The molecule has 0 amide bonds. The summed E-state index contributed by atoms with van der Waals surface area (Å²) in [6.07, 6.45) is 2.02. The minimum atomic E-state index is 0.679. The number of para-hydroxylation sites is 2. The molecule has 0 saturated carbocycles. The number of nitrogens with zero attached hydrogens (tertiary/aromatic N) is 4. The summed E-state index contributed by atoms with van der Waals surface area (Å²) in [7, 11) is 2.04. The first kappa shape index (κ1) is 16.8. The van der Waals surface area contributed by atoms with E-state index < -0.39 is 0 Å². The molecule has 5 rings (SSSR count). The highest BCUT2D eigenvalue weighted by molar-refractivity contribution is 6.30. The van der Waals surface area contributed by atoms with Gasteiger partial charge in [-0.25, -0.2) is 9.67 Å². The zero-order valence-corrected chi connectivity index (χ0v) is 16.0. The molecule has 0 aliphatic rings.